The number of aromatic nitrogens is 1. The van der Waals surface area contributed by atoms with E-state index < -0.39 is 0 Å². The molecule has 0 spiro atoms. The maximum Gasteiger partial charge on any atom is 0.271 e. The van der Waals surface area contributed by atoms with E-state index >= 15 is 0 Å². The summed E-state index contributed by atoms with van der Waals surface area (Å²) in [5, 5.41) is 2.80. The Hall–Kier alpha value is -1.75. The van der Waals surface area contributed by atoms with Gasteiger partial charge in [0.15, 0.2) is 0 Å². The molecule has 0 atom stereocenters. The van der Waals surface area contributed by atoms with Gasteiger partial charge in [-0.1, -0.05) is 12.1 Å². The zero-order chi connectivity index (χ0) is 13.0. The van der Waals surface area contributed by atoms with Crippen LogP contribution < -0.4 is 5.32 Å². The fraction of sp³-hybridized carbons (Fsp3) is 0.231. The first kappa shape index (κ1) is 12.7. The lowest BCUT2D eigenvalue weighted by Crippen LogP contribution is -2.26. The van der Waals surface area contributed by atoms with Gasteiger partial charge in [0, 0.05) is 11.4 Å². The van der Waals surface area contributed by atoms with E-state index in [4.69, 9.17) is 0 Å². The fourth-order valence-electron chi connectivity index (χ4n) is 1.58. The van der Waals surface area contributed by atoms with E-state index in [1.54, 1.807) is 17.6 Å². The SMILES string of the molecule is Cc1scnc1C(=O)NCCc1ccc(F)cc1. The van der Waals surface area contributed by atoms with E-state index in [-0.39, 0.29) is 11.7 Å². The highest BCUT2D eigenvalue weighted by molar-refractivity contribution is 7.09. The normalized spacial score (nSPS) is 10.3. The molecule has 5 heteroatoms. The van der Waals surface area contributed by atoms with Crippen LogP contribution in [0.3, 0.4) is 0 Å². The molecule has 2 rings (SSSR count). The van der Waals surface area contributed by atoms with E-state index in [2.05, 4.69) is 10.3 Å². The van der Waals surface area contributed by atoms with Gasteiger partial charge in [-0.15, -0.1) is 11.3 Å². The number of benzene rings is 1. The summed E-state index contributed by atoms with van der Waals surface area (Å²) in [4.78, 5) is 16.7. The summed E-state index contributed by atoms with van der Waals surface area (Å²) in [6.07, 6.45) is 0.676. The molecule has 0 saturated carbocycles. The van der Waals surface area contributed by atoms with Crippen LogP contribution in [0.15, 0.2) is 29.8 Å². The molecule has 0 saturated heterocycles. The summed E-state index contributed by atoms with van der Waals surface area (Å²) in [6.45, 7) is 2.38. The molecule has 0 aliphatic heterocycles. The molecule has 0 fully saturated rings. The second-order valence-electron chi connectivity index (χ2n) is 3.89. The van der Waals surface area contributed by atoms with Gasteiger partial charge >= 0.3 is 0 Å². The van der Waals surface area contributed by atoms with Crippen molar-refractivity contribution >= 4 is 17.2 Å². The number of amides is 1. The molecule has 0 unspecified atom stereocenters. The van der Waals surface area contributed by atoms with Crippen LogP contribution in [0.25, 0.3) is 0 Å². The average Bonchev–Trinajstić information content (AvgIpc) is 2.78. The predicted octanol–water partition coefficient (Wildman–Crippen LogP) is 2.56. The lowest BCUT2D eigenvalue weighted by atomic mass is 10.1. The van der Waals surface area contributed by atoms with E-state index in [0.717, 1.165) is 10.4 Å². The lowest BCUT2D eigenvalue weighted by molar-refractivity contribution is 0.0949. The molecule has 1 amide bonds. The van der Waals surface area contributed by atoms with E-state index in [1.165, 1.54) is 23.5 Å². The summed E-state index contributed by atoms with van der Waals surface area (Å²) in [6, 6.07) is 6.27. The van der Waals surface area contributed by atoms with Gasteiger partial charge in [-0.3, -0.25) is 4.79 Å². The Morgan fingerprint density at radius 1 is 1.39 bits per heavy atom. The van der Waals surface area contributed by atoms with Crippen LogP contribution >= 0.6 is 11.3 Å². The standard InChI is InChI=1S/C13H13FN2OS/c1-9-12(16-8-18-9)13(17)15-7-6-10-2-4-11(14)5-3-10/h2-5,8H,6-7H2,1H3,(H,15,17). The van der Waals surface area contributed by atoms with Crippen molar-refractivity contribution in [1.29, 1.82) is 0 Å². The van der Waals surface area contributed by atoms with Gasteiger partial charge in [0.25, 0.3) is 5.91 Å². The summed E-state index contributed by atoms with van der Waals surface area (Å²) < 4.78 is 12.7. The Morgan fingerprint density at radius 3 is 2.72 bits per heavy atom. The molecule has 0 bridgehead atoms. The Balaban J connectivity index is 1.84. The van der Waals surface area contributed by atoms with Crippen LogP contribution in [0.5, 0.6) is 0 Å². The van der Waals surface area contributed by atoms with E-state index in [9.17, 15) is 9.18 Å². The Bertz CT molecular complexity index is 536. The molecular weight excluding hydrogens is 251 g/mol. The average molecular weight is 264 g/mol. The number of rotatable bonds is 4. The predicted molar refractivity (Wildman–Crippen MR) is 69.3 cm³/mol. The number of carbonyl (C=O) groups is 1. The third-order valence-corrected chi connectivity index (χ3v) is 3.33. The zero-order valence-electron chi connectivity index (χ0n) is 9.94. The van der Waals surface area contributed by atoms with Crippen LogP contribution in [0.4, 0.5) is 4.39 Å². The highest BCUT2D eigenvalue weighted by Gasteiger charge is 2.10. The van der Waals surface area contributed by atoms with Crippen molar-refractivity contribution in [2.45, 2.75) is 13.3 Å². The molecule has 18 heavy (non-hydrogen) atoms. The van der Waals surface area contributed by atoms with Gasteiger partial charge in [0.1, 0.15) is 11.5 Å². The molecule has 94 valence electrons. The minimum atomic E-state index is -0.249. The molecule has 2 aromatic rings. The van der Waals surface area contributed by atoms with Crippen molar-refractivity contribution < 1.29 is 9.18 Å². The van der Waals surface area contributed by atoms with Crippen LogP contribution in [0.2, 0.25) is 0 Å². The maximum atomic E-state index is 12.7. The number of thiazole rings is 1. The van der Waals surface area contributed by atoms with Gasteiger partial charge in [0.05, 0.1) is 5.51 Å². The highest BCUT2D eigenvalue weighted by atomic mass is 32.1. The zero-order valence-corrected chi connectivity index (χ0v) is 10.8. The maximum absolute atomic E-state index is 12.7. The molecule has 3 nitrogen and oxygen atoms in total. The third-order valence-electron chi connectivity index (χ3n) is 2.57. The van der Waals surface area contributed by atoms with Gasteiger partial charge in [-0.25, -0.2) is 9.37 Å². The molecule has 0 aliphatic carbocycles. The monoisotopic (exact) mass is 264 g/mol. The molecule has 0 radical (unpaired) electrons. The van der Waals surface area contributed by atoms with Crippen LogP contribution in [-0.2, 0) is 6.42 Å². The Kier molecular flexibility index (Phi) is 4.04. The summed E-state index contributed by atoms with van der Waals surface area (Å²) in [7, 11) is 0. The van der Waals surface area contributed by atoms with Crippen molar-refractivity contribution in [2.75, 3.05) is 6.54 Å². The van der Waals surface area contributed by atoms with Gasteiger partial charge in [-0.2, -0.15) is 0 Å². The van der Waals surface area contributed by atoms with Crippen molar-refractivity contribution in [3.8, 4) is 0 Å². The van der Waals surface area contributed by atoms with Crippen LogP contribution in [0.1, 0.15) is 20.9 Å². The number of nitrogens with zero attached hydrogens (tertiary/aromatic N) is 1. The molecule has 1 N–H and O–H groups in total. The second-order valence-corrected chi connectivity index (χ2v) is 4.95. The number of aryl methyl sites for hydroxylation is 1. The van der Waals surface area contributed by atoms with Crippen molar-refractivity contribution in [2.24, 2.45) is 0 Å². The van der Waals surface area contributed by atoms with Gasteiger partial charge < -0.3 is 5.32 Å². The van der Waals surface area contributed by atoms with Gasteiger partial charge in [0.2, 0.25) is 0 Å². The molecule has 0 aliphatic rings. The van der Waals surface area contributed by atoms with E-state index in [1.807, 2.05) is 6.92 Å². The summed E-state index contributed by atoms with van der Waals surface area (Å²) >= 11 is 1.45. The second kappa shape index (κ2) is 5.73. The molecular formula is C13H13FN2OS. The third kappa shape index (κ3) is 3.13. The fourth-order valence-corrected chi connectivity index (χ4v) is 2.15. The minimum absolute atomic E-state index is 0.157. The number of nitrogens with one attached hydrogen (secondary N) is 1. The first-order chi connectivity index (χ1) is 8.66. The topological polar surface area (TPSA) is 42.0 Å². The molecule has 1 aromatic heterocycles. The molecule has 1 heterocycles. The minimum Gasteiger partial charge on any atom is -0.350 e. The van der Waals surface area contributed by atoms with Crippen molar-refractivity contribution in [1.82, 2.24) is 10.3 Å². The number of hydrogen-bond acceptors (Lipinski definition) is 3. The van der Waals surface area contributed by atoms with Crippen molar-refractivity contribution in [3.05, 3.63) is 51.7 Å². The first-order valence-corrected chi connectivity index (χ1v) is 6.47. The quantitative estimate of drug-likeness (QED) is 0.922. The van der Waals surface area contributed by atoms with E-state index in [0.29, 0.717) is 18.7 Å². The number of hydrogen-bond donors (Lipinski definition) is 1. The summed E-state index contributed by atoms with van der Waals surface area (Å²) in [5.74, 6) is -0.406. The van der Waals surface area contributed by atoms with Crippen LogP contribution in [0, 0.1) is 12.7 Å². The van der Waals surface area contributed by atoms with Crippen LogP contribution in [-0.4, -0.2) is 17.4 Å². The Morgan fingerprint density at radius 2 is 2.11 bits per heavy atom. The Labute approximate surface area is 109 Å². The molecule has 1 aromatic carbocycles. The lowest BCUT2D eigenvalue weighted by Gasteiger charge is -2.04. The summed E-state index contributed by atoms with van der Waals surface area (Å²) in [5.41, 5.74) is 3.13. The smallest absolute Gasteiger partial charge is 0.271 e. The van der Waals surface area contributed by atoms with Gasteiger partial charge in [-0.05, 0) is 31.0 Å². The largest absolute Gasteiger partial charge is 0.350 e. The first-order valence-electron chi connectivity index (χ1n) is 5.59. The van der Waals surface area contributed by atoms with Crippen molar-refractivity contribution in [3.63, 3.8) is 0 Å². The highest BCUT2D eigenvalue weighted by Crippen LogP contribution is 2.10. The number of carbonyl (C=O) groups excluding carboxylic acids is 1. The number of halogens is 1.